The molecule has 8 nitrogen and oxygen atoms in total. The zero-order valence-electron chi connectivity index (χ0n) is 67.4. The molecule has 0 N–H and O–H groups in total. The molecule has 15 aromatic carbocycles. The van der Waals surface area contributed by atoms with Crippen molar-refractivity contribution in [2.45, 2.75) is 83.1 Å². The second kappa shape index (κ2) is 29.1. The van der Waals surface area contributed by atoms with Gasteiger partial charge in [0.25, 0.3) is 0 Å². The predicted molar refractivity (Wildman–Crippen MR) is 484 cm³/mol. The Bertz CT molecular complexity index is 6750. The quantitative estimate of drug-likeness (QED) is 0.108. The SMILES string of the molecule is Cc1cc(C)c(-c2ccc3c(c2)c2cc(-c4c(C)cc(C)cc4C)ccc2n3-c2cc(-c3cccc(-c4cc(-c5nc(-c6ccccc6)nc(-c6ccccc6)n5)ccc4-n4c5ccc(-c6c(C)cc(C)cc6C)cc5c5cc(-c6c(C)cc(C)cc6C)ccc54)c3)cc(-c3nc(-c4ccccc4)nc(-c4ccccc4)n3)c2)c(C)c1. The summed E-state index contributed by atoms with van der Waals surface area (Å²) in [5, 5.41) is 4.63. The van der Waals surface area contributed by atoms with Crippen molar-refractivity contribution in [3.05, 3.63) is 370 Å². The smallest absolute Gasteiger partial charge is 0.164 e. The van der Waals surface area contributed by atoms with Crippen molar-refractivity contribution < 1.29 is 0 Å². The van der Waals surface area contributed by atoms with Crippen LogP contribution in [0.4, 0.5) is 0 Å². The highest BCUT2D eigenvalue weighted by molar-refractivity contribution is 6.14. The molecular formula is C108H86N8. The van der Waals surface area contributed by atoms with Gasteiger partial charge in [-0.1, -0.05) is 235 Å². The van der Waals surface area contributed by atoms with Crippen molar-refractivity contribution in [3.8, 4) is 146 Å². The zero-order valence-corrected chi connectivity index (χ0v) is 67.4. The van der Waals surface area contributed by atoms with Gasteiger partial charge in [0.2, 0.25) is 0 Å². The van der Waals surface area contributed by atoms with Gasteiger partial charge in [-0.15, -0.1) is 0 Å². The fourth-order valence-electron chi connectivity index (χ4n) is 18.6. The van der Waals surface area contributed by atoms with Crippen LogP contribution in [0.5, 0.6) is 0 Å². The van der Waals surface area contributed by atoms with Crippen LogP contribution < -0.4 is 0 Å². The average molecular weight is 1500 g/mol. The molecule has 0 amide bonds. The molecule has 0 saturated heterocycles. The summed E-state index contributed by atoms with van der Waals surface area (Å²) in [6.45, 7) is 26.7. The maximum Gasteiger partial charge on any atom is 0.164 e. The van der Waals surface area contributed by atoms with Crippen molar-refractivity contribution in [2.75, 3.05) is 0 Å². The van der Waals surface area contributed by atoms with Crippen molar-refractivity contribution >= 4 is 43.6 Å². The van der Waals surface area contributed by atoms with Crippen LogP contribution in [0.1, 0.15) is 66.8 Å². The van der Waals surface area contributed by atoms with Crippen molar-refractivity contribution in [3.63, 3.8) is 0 Å². The first kappa shape index (κ1) is 72.2. The molecule has 0 fully saturated rings. The molecule has 4 heterocycles. The Morgan fingerprint density at radius 2 is 0.448 bits per heavy atom. The van der Waals surface area contributed by atoms with Crippen molar-refractivity contribution in [1.82, 2.24) is 39.0 Å². The zero-order chi connectivity index (χ0) is 79.3. The van der Waals surface area contributed by atoms with Gasteiger partial charge in [-0.2, -0.15) is 0 Å². The van der Waals surface area contributed by atoms with E-state index in [0.29, 0.717) is 34.9 Å². The molecule has 19 aromatic rings. The van der Waals surface area contributed by atoms with Gasteiger partial charge in [0.1, 0.15) is 0 Å². The summed E-state index contributed by atoms with van der Waals surface area (Å²) in [6, 6.07) is 111. The van der Waals surface area contributed by atoms with E-state index in [9.17, 15) is 0 Å². The van der Waals surface area contributed by atoms with E-state index in [1.165, 1.54) is 111 Å². The minimum atomic E-state index is 0.549. The number of benzene rings is 15. The Hall–Kier alpha value is -14.1. The summed E-state index contributed by atoms with van der Waals surface area (Å²) in [5.41, 5.74) is 40.3. The third kappa shape index (κ3) is 13.1. The van der Waals surface area contributed by atoms with Crippen LogP contribution in [0.2, 0.25) is 0 Å². The predicted octanol–water partition coefficient (Wildman–Crippen LogP) is 28.0. The van der Waals surface area contributed by atoms with Crippen molar-refractivity contribution in [1.29, 1.82) is 0 Å². The lowest BCUT2D eigenvalue weighted by molar-refractivity contribution is 1.07. The molecule has 4 aromatic heterocycles. The molecule has 0 aliphatic carbocycles. The monoisotopic (exact) mass is 1490 g/mol. The minimum Gasteiger partial charge on any atom is -0.309 e. The van der Waals surface area contributed by atoms with Gasteiger partial charge < -0.3 is 9.13 Å². The Labute approximate surface area is 677 Å². The van der Waals surface area contributed by atoms with Gasteiger partial charge >= 0.3 is 0 Å². The second-order valence-electron chi connectivity index (χ2n) is 31.9. The standard InChI is InChI=1S/C108H86N8/c1-63-46-67(5)99(68(6)47-63)81-36-41-95-90(58-81)91-59-82(100-69(7)48-64(2)49-70(100)8)37-42-96(91)115(95)88-56-86(55-87(57-88)108-113-105(77-30-21-15-22-31-77)110-106(114-108)78-32-23-16-24-33-78)79-34-25-35-80(54-79)89-62-85(107-111-103(75-26-17-13-18-27-75)109-104(112-107)76-28-19-14-20-29-76)40-45-94(89)116-97-43-38-83(101-71(9)50-65(3)51-72(101)10)60-92(97)93-61-84(39-44-98(93)116)102-73(11)52-66(4)53-74(102)12/h13-62H,1-12H3. The number of hydrogen-bond donors (Lipinski definition) is 0. The Kier molecular flexibility index (Phi) is 18.1. The summed E-state index contributed by atoms with van der Waals surface area (Å²) in [4.78, 5) is 32.1. The number of aryl methyl sites for hydroxylation is 12. The van der Waals surface area contributed by atoms with E-state index in [0.717, 1.165) is 111 Å². The van der Waals surface area contributed by atoms with E-state index < -0.39 is 0 Å². The Morgan fingerprint density at radius 3 is 0.784 bits per heavy atom. The van der Waals surface area contributed by atoms with Crippen LogP contribution in [-0.2, 0) is 0 Å². The molecule has 0 bridgehead atoms. The molecular weight excluding hydrogens is 1410 g/mol. The van der Waals surface area contributed by atoms with E-state index in [-0.39, 0.29) is 0 Å². The lowest BCUT2D eigenvalue weighted by Gasteiger charge is -2.18. The maximum atomic E-state index is 5.48. The molecule has 19 rings (SSSR count). The number of rotatable bonds is 14. The van der Waals surface area contributed by atoms with Crippen LogP contribution in [0.15, 0.2) is 303 Å². The largest absolute Gasteiger partial charge is 0.309 e. The number of nitrogens with zero attached hydrogens (tertiary/aromatic N) is 8. The first-order valence-corrected chi connectivity index (χ1v) is 40.0. The average Bonchev–Trinajstić information content (AvgIpc) is 1.56. The summed E-state index contributed by atoms with van der Waals surface area (Å²) in [7, 11) is 0. The minimum absolute atomic E-state index is 0.549. The van der Waals surface area contributed by atoms with E-state index in [1.54, 1.807) is 0 Å². The topological polar surface area (TPSA) is 87.2 Å². The van der Waals surface area contributed by atoms with Gasteiger partial charge in [-0.05, 0) is 280 Å². The summed E-state index contributed by atoms with van der Waals surface area (Å²) < 4.78 is 4.95. The van der Waals surface area contributed by atoms with Gasteiger partial charge in [0.05, 0.1) is 27.8 Å². The molecule has 0 radical (unpaired) electrons. The lowest BCUT2D eigenvalue weighted by Crippen LogP contribution is -2.02. The normalized spacial score (nSPS) is 11.6. The second-order valence-corrected chi connectivity index (χ2v) is 31.9. The van der Waals surface area contributed by atoms with Gasteiger partial charge in [0.15, 0.2) is 34.9 Å². The highest BCUT2D eigenvalue weighted by Crippen LogP contribution is 2.47. The number of fused-ring (bicyclic) bond motifs is 6. The first-order chi connectivity index (χ1) is 56.4. The molecule has 0 unspecified atom stereocenters. The summed E-state index contributed by atoms with van der Waals surface area (Å²) in [6.07, 6.45) is 0. The van der Waals surface area contributed by atoms with Gasteiger partial charge in [0, 0.05) is 66.2 Å². The van der Waals surface area contributed by atoms with Crippen LogP contribution >= 0.6 is 0 Å². The van der Waals surface area contributed by atoms with Crippen LogP contribution in [-0.4, -0.2) is 39.0 Å². The first-order valence-electron chi connectivity index (χ1n) is 40.0. The molecule has 8 heteroatoms. The highest BCUT2D eigenvalue weighted by Gasteiger charge is 2.26. The fourth-order valence-corrected chi connectivity index (χ4v) is 18.6. The molecule has 0 saturated carbocycles. The summed E-state index contributed by atoms with van der Waals surface area (Å²) in [5.74, 6) is 3.45. The molecule has 0 aliphatic rings. The van der Waals surface area contributed by atoms with Crippen LogP contribution in [0.25, 0.3) is 190 Å². The molecule has 558 valence electrons. The molecule has 0 aliphatic heterocycles. The maximum absolute atomic E-state index is 5.48. The number of aromatic nitrogens is 8. The number of hydrogen-bond acceptors (Lipinski definition) is 6. The third-order valence-corrected chi connectivity index (χ3v) is 23.2. The van der Waals surface area contributed by atoms with Crippen LogP contribution in [0.3, 0.4) is 0 Å². The van der Waals surface area contributed by atoms with E-state index in [1.807, 2.05) is 72.8 Å². The van der Waals surface area contributed by atoms with Crippen molar-refractivity contribution in [2.24, 2.45) is 0 Å². The van der Waals surface area contributed by atoms with E-state index >= 15 is 0 Å². The molecule has 0 atom stereocenters. The van der Waals surface area contributed by atoms with Gasteiger partial charge in [-0.25, -0.2) is 29.9 Å². The van der Waals surface area contributed by atoms with E-state index in [2.05, 4.69) is 323 Å². The van der Waals surface area contributed by atoms with Crippen LogP contribution in [0, 0.1) is 83.1 Å². The molecule has 0 spiro atoms. The Balaban J connectivity index is 0.879. The molecule has 116 heavy (non-hydrogen) atoms. The third-order valence-electron chi connectivity index (χ3n) is 23.2. The lowest BCUT2D eigenvalue weighted by atomic mass is 9.91. The van der Waals surface area contributed by atoms with E-state index in [4.69, 9.17) is 29.9 Å². The highest BCUT2D eigenvalue weighted by atomic mass is 15.1. The fraction of sp³-hybridized carbons (Fsp3) is 0.111. The Morgan fingerprint density at radius 1 is 0.181 bits per heavy atom. The summed E-state index contributed by atoms with van der Waals surface area (Å²) >= 11 is 0. The van der Waals surface area contributed by atoms with Gasteiger partial charge in [-0.3, -0.25) is 0 Å².